The zero-order valence-corrected chi connectivity index (χ0v) is 15.5. The summed E-state index contributed by atoms with van der Waals surface area (Å²) in [5, 5.41) is 8.01. The van der Waals surface area contributed by atoms with Crippen molar-refractivity contribution in [2.45, 2.75) is 45.6 Å². The molecule has 0 amide bonds. The lowest BCUT2D eigenvalue weighted by Gasteiger charge is -1.99. The molecular weight excluding hydrogens is 348 g/mol. The van der Waals surface area contributed by atoms with Crippen LogP contribution in [0.25, 0.3) is 11.5 Å². The zero-order valence-electron chi connectivity index (χ0n) is 14.7. The first kappa shape index (κ1) is 17.0. The summed E-state index contributed by atoms with van der Waals surface area (Å²) in [5.41, 5.74) is 3.28. The molecule has 134 valence electrons. The largest absolute Gasteiger partial charge is 0.451 e. The molecule has 2 heterocycles. The lowest BCUT2D eigenvalue weighted by molar-refractivity contribution is 0.0444. The van der Waals surface area contributed by atoms with E-state index in [1.165, 1.54) is 29.7 Å². The van der Waals surface area contributed by atoms with Crippen LogP contribution in [0.4, 0.5) is 0 Å². The summed E-state index contributed by atoms with van der Waals surface area (Å²) < 4.78 is 11.0. The number of aromatic nitrogens is 2. The predicted octanol–water partition coefficient (Wildman–Crippen LogP) is 4.73. The Morgan fingerprint density at radius 1 is 1.19 bits per heavy atom. The molecule has 5 nitrogen and oxygen atoms in total. The topological polar surface area (TPSA) is 65.2 Å². The summed E-state index contributed by atoms with van der Waals surface area (Å²) in [6.07, 6.45) is 5.79. The molecule has 2 aromatic heterocycles. The van der Waals surface area contributed by atoms with Gasteiger partial charge in [-0.25, -0.2) is 4.79 Å². The number of carbonyl (C=O) groups excluding carboxylic acids is 1. The van der Waals surface area contributed by atoms with Gasteiger partial charge in [0.1, 0.15) is 4.88 Å². The van der Waals surface area contributed by atoms with Crippen LogP contribution < -0.4 is 0 Å². The van der Waals surface area contributed by atoms with Crippen molar-refractivity contribution in [1.29, 1.82) is 0 Å². The van der Waals surface area contributed by atoms with E-state index >= 15 is 0 Å². The van der Waals surface area contributed by atoms with E-state index in [1.807, 2.05) is 37.3 Å². The van der Waals surface area contributed by atoms with Crippen molar-refractivity contribution in [3.8, 4) is 11.5 Å². The predicted molar refractivity (Wildman–Crippen MR) is 99.2 cm³/mol. The number of esters is 1. The summed E-state index contributed by atoms with van der Waals surface area (Å²) in [6, 6.07) is 9.82. The first-order valence-corrected chi connectivity index (χ1v) is 9.69. The van der Waals surface area contributed by atoms with Gasteiger partial charge in [-0.1, -0.05) is 24.1 Å². The maximum absolute atomic E-state index is 12.3. The molecule has 1 aliphatic rings. The highest BCUT2D eigenvalue weighted by atomic mass is 32.1. The Kier molecular flexibility index (Phi) is 4.84. The molecule has 3 aromatic rings. The number of hydrogen-bond acceptors (Lipinski definition) is 6. The van der Waals surface area contributed by atoms with Gasteiger partial charge in [-0.05, 0) is 56.4 Å². The lowest BCUT2D eigenvalue weighted by atomic mass is 10.1. The van der Waals surface area contributed by atoms with Crippen LogP contribution in [0.2, 0.25) is 0 Å². The van der Waals surface area contributed by atoms with Crippen molar-refractivity contribution < 1.29 is 13.9 Å². The van der Waals surface area contributed by atoms with Crippen LogP contribution in [0.15, 0.2) is 34.7 Å². The van der Waals surface area contributed by atoms with Crippen LogP contribution in [0.5, 0.6) is 0 Å². The summed E-state index contributed by atoms with van der Waals surface area (Å²) in [7, 11) is 0. The van der Waals surface area contributed by atoms with E-state index in [-0.39, 0.29) is 12.6 Å². The quantitative estimate of drug-likeness (QED) is 0.492. The summed E-state index contributed by atoms with van der Waals surface area (Å²) >= 11 is 1.55. The van der Waals surface area contributed by atoms with Gasteiger partial charge >= 0.3 is 5.97 Å². The number of benzene rings is 1. The summed E-state index contributed by atoms with van der Waals surface area (Å²) in [4.78, 5) is 14.3. The van der Waals surface area contributed by atoms with Gasteiger partial charge < -0.3 is 9.15 Å². The second-order valence-corrected chi connectivity index (χ2v) is 7.70. The van der Waals surface area contributed by atoms with E-state index in [0.29, 0.717) is 16.7 Å². The van der Waals surface area contributed by atoms with E-state index in [1.54, 1.807) is 11.3 Å². The molecule has 0 unspecified atom stereocenters. The second kappa shape index (κ2) is 7.41. The Hall–Kier alpha value is -2.47. The molecule has 0 saturated carbocycles. The number of fused-ring (bicyclic) bond motifs is 1. The number of aryl methyl sites for hydroxylation is 3. The third-order valence-corrected chi connectivity index (χ3v) is 5.72. The third kappa shape index (κ3) is 3.70. The highest BCUT2D eigenvalue weighted by Gasteiger charge is 2.18. The fraction of sp³-hybridized carbons (Fsp3) is 0.350. The number of carbonyl (C=O) groups is 1. The summed E-state index contributed by atoms with van der Waals surface area (Å²) in [6.45, 7) is 1.99. The van der Waals surface area contributed by atoms with Crippen molar-refractivity contribution in [2.75, 3.05) is 0 Å². The van der Waals surface area contributed by atoms with Gasteiger partial charge in [-0.15, -0.1) is 21.5 Å². The van der Waals surface area contributed by atoms with Gasteiger partial charge in [0.15, 0.2) is 6.61 Å². The highest BCUT2D eigenvalue weighted by Crippen LogP contribution is 2.29. The number of ether oxygens (including phenoxy) is 1. The Labute approximate surface area is 156 Å². The number of hydrogen-bond donors (Lipinski definition) is 0. The van der Waals surface area contributed by atoms with Crippen LogP contribution in [-0.4, -0.2) is 16.2 Å². The summed E-state index contributed by atoms with van der Waals surface area (Å²) in [5.74, 6) is 0.411. The normalized spacial score (nSPS) is 13.9. The molecule has 6 heteroatoms. The monoisotopic (exact) mass is 368 g/mol. The van der Waals surface area contributed by atoms with Crippen LogP contribution in [0, 0.1) is 6.92 Å². The number of nitrogens with zero attached hydrogens (tertiary/aromatic N) is 2. The molecule has 0 saturated heterocycles. The molecule has 26 heavy (non-hydrogen) atoms. The molecule has 4 rings (SSSR count). The van der Waals surface area contributed by atoms with Gasteiger partial charge in [0.2, 0.25) is 5.89 Å². The van der Waals surface area contributed by atoms with E-state index in [2.05, 4.69) is 10.2 Å². The third-order valence-electron chi connectivity index (χ3n) is 4.51. The maximum Gasteiger partial charge on any atom is 0.348 e. The molecule has 0 aliphatic heterocycles. The molecule has 0 spiro atoms. The van der Waals surface area contributed by atoms with Crippen molar-refractivity contribution in [3.05, 3.63) is 57.1 Å². The lowest BCUT2D eigenvalue weighted by Crippen LogP contribution is -2.03. The number of rotatable bonds is 4. The Morgan fingerprint density at radius 3 is 2.96 bits per heavy atom. The standard InChI is InChI=1S/C20H20N2O3S/c1-13-6-5-8-15(10-13)19-22-21-18(25-19)12-24-20(23)17-11-14-7-3-2-4-9-16(14)26-17/h5-6,8,10-11H,2-4,7,9,12H2,1H3. The van der Waals surface area contributed by atoms with Crippen molar-refractivity contribution in [3.63, 3.8) is 0 Å². The highest BCUT2D eigenvalue weighted by molar-refractivity contribution is 7.14. The molecular formula is C20H20N2O3S. The first-order chi connectivity index (χ1) is 12.7. The molecule has 1 aliphatic carbocycles. The Balaban J connectivity index is 1.41. The van der Waals surface area contributed by atoms with Crippen molar-refractivity contribution in [2.24, 2.45) is 0 Å². The fourth-order valence-electron chi connectivity index (χ4n) is 3.17. The second-order valence-electron chi connectivity index (χ2n) is 6.57. The number of thiophene rings is 1. The fourth-order valence-corrected chi connectivity index (χ4v) is 4.32. The van der Waals surface area contributed by atoms with Gasteiger partial charge in [0, 0.05) is 10.4 Å². The van der Waals surface area contributed by atoms with Gasteiger partial charge in [-0.3, -0.25) is 0 Å². The van der Waals surface area contributed by atoms with Crippen molar-refractivity contribution >= 4 is 17.3 Å². The average molecular weight is 368 g/mol. The smallest absolute Gasteiger partial charge is 0.348 e. The Morgan fingerprint density at radius 2 is 2.08 bits per heavy atom. The van der Waals surface area contributed by atoms with E-state index < -0.39 is 0 Å². The first-order valence-electron chi connectivity index (χ1n) is 8.87. The molecule has 0 fully saturated rings. The van der Waals surface area contributed by atoms with Gasteiger partial charge in [0.25, 0.3) is 5.89 Å². The SMILES string of the molecule is Cc1cccc(-c2nnc(COC(=O)c3cc4c(s3)CCCCC4)o2)c1. The molecule has 0 bridgehead atoms. The zero-order chi connectivity index (χ0) is 17.9. The Bertz CT molecular complexity index is 905. The van der Waals surface area contributed by atoms with Crippen LogP contribution in [-0.2, 0) is 24.2 Å². The minimum absolute atomic E-state index is 0.0137. The minimum atomic E-state index is -0.321. The minimum Gasteiger partial charge on any atom is -0.451 e. The van der Waals surface area contributed by atoms with Crippen LogP contribution in [0.3, 0.4) is 0 Å². The van der Waals surface area contributed by atoms with Crippen LogP contribution >= 0.6 is 11.3 Å². The van der Waals surface area contributed by atoms with Gasteiger partial charge in [0.05, 0.1) is 0 Å². The molecule has 0 radical (unpaired) electrons. The molecule has 0 N–H and O–H groups in total. The van der Waals surface area contributed by atoms with E-state index in [9.17, 15) is 4.79 Å². The maximum atomic E-state index is 12.3. The van der Waals surface area contributed by atoms with Crippen molar-refractivity contribution in [1.82, 2.24) is 10.2 Å². The van der Waals surface area contributed by atoms with E-state index in [4.69, 9.17) is 9.15 Å². The molecule has 0 atom stereocenters. The van der Waals surface area contributed by atoms with E-state index in [0.717, 1.165) is 24.0 Å². The van der Waals surface area contributed by atoms with Crippen LogP contribution in [0.1, 0.15) is 50.8 Å². The van der Waals surface area contributed by atoms with Gasteiger partial charge in [-0.2, -0.15) is 0 Å². The average Bonchev–Trinajstić information content (AvgIpc) is 3.22. The molecule has 1 aromatic carbocycles.